The van der Waals surface area contributed by atoms with Gasteiger partial charge in [-0.15, -0.1) is 0 Å². The Bertz CT molecular complexity index is 570. The van der Waals surface area contributed by atoms with Gasteiger partial charge in [0, 0.05) is 11.5 Å². The minimum Gasteiger partial charge on any atom is -0.384 e. The van der Waals surface area contributed by atoms with E-state index in [9.17, 15) is 4.79 Å². The van der Waals surface area contributed by atoms with E-state index < -0.39 is 5.91 Å². The minimum atomic E-state index is -0.460. The third-order valence-corrected chi connectivity index (χ3v) is 2.86. The Labute approximate surface area is 106 Å². The van der Waals surface area contributed by atoms with Crippen LogP contribution < -0.4 is 11.1 Å². The zero-order chi connectivity index (χ0) is 12.4. The fourth-order valence-electron chi connectivity index (χ4n) is 1.12. The highest BCUT2D eigenvalue weighted by atomic mass is 35.5. The summed E-state index contributed by atoms with van der Waals surface area (Å²) in [7, 11) is 0. The summed E-state index contributed by atoms with van der Waals surface area (Å²) in [4.78, 5) is 19.7. The zero-order valence-electron chi connectivity index (χ0n) is 8.77. The van der Waals surface area contributed by atoms with Crippen molar-refractivity contribution < 1.29 is 4.79 Å². The molecule has 0 unspecified atom stereocenters. The Morgan fingerprint density at radius 1 is 1.47 bits per heavy atom. The first kappa shape index (κ1) is 11.7. The van der Waals surface area contributed by atoms with Crippen molar-refractivity contribution in [3.63, 3.8) is 0 Å². The number of halogens is 1. The van der Waals surface area contributed by atoms with Gasteiger partial charge in [0.05, 0.1) is 5.02 Å². The van der Waals surface area contributed by atoms with Gasteiger partial charge in [-0.3, -0.25) is 10.1 Å². The quantitative estimate of drug-likeness (QED) is 0.866. The van der Waals surface area contributed by atoms with Gasteiger partial charge in [0.25, 0.3) is 5.91 Å². The molecular formula is C9H8ClN5OS. The number of aryl methyl sites for hydroxylation is 1. The number of hydrogen-bond acceptors (Lipinski definition) is 6. The topological polar surface area (TPSA) is 93.8 Å². The fraction of sp³-hybridized carbons (Fsp3) is 0.111. The zero-order valence-corrected chi connectivity index (χ0v) is 10.3. The molecule has 0 aliphatic carbocycles. The molecule has 88 valence electrons. The second-order valence-electron chi connectivity index (χ2n) is 3.17. The van der Waals surface area contributed by atoms with E-state index in [1.165, 1.54) is 12.1 Å². The molecule has 2 rings (SSSR count). The van der Waals surface area contributed by atoms with Crippen LogP contribution in [-0.4, -0.2) is 20.2 Å². The number of rotatable bonds is 2. The van der Waals surface area contributed by atoms with Crippen molar-refractivity contribution in [2.45, 2.75) is 6.92 Å². The number of nitrogens with one attached hydrogen (secondary N) is 1. The molecule has 0 fully saturated rings. The predicted octanol–water partition coefficient (Wildman–Crippen LogP) is 1.73. The molecule has 2 aromatic rings. The second kappa shape index (κ2) is 4.64. The number of anilines is 2. The first-order valence-electron chi connectivity index (χ1n) is 4.60. The molecule has 3 N–H and O–H groups in total. The summed E-state index contributed by atoms with van der Waals surface area (Å²) in [6.07, 6.45) is 0. The molecule has 8 heteroatoms. The molecular weight excluding hydrogens is 262 g/mol. The van der Waals surface area contributed by atoms with E-state index in [1.807, 2.05) is 0 Å². The van der Waals surface area contributed by atoms with Crippen molar-refractivity contribution in [3.8, 4) is 0 Å². The number of aromatic nitrogens is 3. The van der Waals surface area contributed by atoms with Crippen LogP contribution in [-0.2, 0) is 0 Å². The Kier molecular flexibility index (Phi) is 3.21. The van der Waals surface area contributed by atoms with Crippen molar-refractivity contribution >= 4 is 40.0 Å². The van der Waals surface area contributed by atoms with Gasteiger partial charge in [0.2, 0.25) is 5.13 Å². The maximum Gasteiger partial charge on any atom is 0.277 e. The van der Waals surface area contributed by atoms with Gasteiger partial charge in [-0.05, 0) is 19.1 Å². The molecule has 0 radical (unpaired) electrons. The van der Waals surface area contributed by atoms with E-state index in [1.54, 1.807) is 6.92 Å². The van der Waals surface area contributed by atoms with Crippen LogP contribution in [0.4, 0.5) is 10.9 Å². The molecule has 0 bridgehead atoms. The molecule has 2 heterocycles. The number of amides is 1. The van der Waals surface area contributed by atoms with E-state index in [4.69, 9.17) is 17.3 Å². The van der Waals surface area contributed by atoms with E-state index >= 15 is 0 Å². The van der Waals surface area contributed by atoms with Gasteiger partial charge in [-0.25, -0.2) is 9.97 Å². The van der Waals surface area contributed by atoms with Crippen LogP contribution in [0.5, 0.6) is 0 Å². The maximum atomic E-state index is 11.8. The lowest BCUT2D eigenvalue weighted by Gasteiger charge is -2.03. The van der Waals surface area contributed by atoms with E-state index in [0.717, 1.165) is 11.5 Å². The summed E-state index contributed by atoms with van der Waals surface area (Å²) in [6, 6.07) is 3.04. The Balaban J connectivity index is 2.22. The largest absolute Gasteiger partial charge is 0.384 e. The normalized spacial score (nSPS) is 10.2. The predicted molar refractivity (Wildman–Crippen MR) is 66.3 cm³/mol. The Morgan fingerprint density at radius 2 is 2.24 bits per heavy atom. The number of hydrogen-bond donors (Lipinski definition) is 2. The summed E-state index contributed by atoms with van der Waals surface area (Å²) in [5.74, 6) is 0.364. The van der Waals surface area contributed by atoms with E-state index in [-0.39, 0.29) is 16.5 Å². The van der Waals surface area contributed by atoms with Crippen LogP contribution >= 0.6 is 23.1 Å². The second-order valence-corrected chi connectivity index (χ2v) is 4.33. The SMILES string of the molecule is Cc1nsc(NC(=O)c2nc(N)ccc2Cl)n1. The highest BCUT2D eigenvalue weighted by Gasteiger charge is 2.14. The molecule has 2 aromatic heterocycles. The number of carbonyl (C=O) groups is 1. The average Bonchev–Trinajstić information content (AvgIpc) is 2.67. The van der Waals surface area contributed by atoms with Crippen molar-refractivity contribution in [1.82, 2.24) is 14.3 Å². The standard InChI is InChI=1S/C9H8ClN5OS/c1-4-12-9(17-15-4)14-8(16)7-5(10)2-3-6(11)13-7/h2-3H,1H3,(H2,11,13)(H,12,14,15,16). The van der Waals surface area contributed by atoms with Crippen LogP contribution in [0.3, 0.4) is 0 Å². The van der Waals surface area contributed by atoms with Gasteiger partial charge < -0.3 is 5.73 Å². The van der Waals surface area contributed by atoms with Crippen molar-refractivity contribution in [2.24, 2.45) is 0 Å². The number of pyridine rings is 1. The van der Waals surface area contributed by atoms with Gasteiger partial charge in [0.15, 0.2) is 0 Å². The van der Waals surface area contributed by atoms with Crippen LogP contribution in [0.25, 0.3) is 0 Å². The molecule has 1 amide bonds. The Hall–Kier alpha value is -1.73. The molecule has 0 aliphatic rings. The highest BCUT2D eigenvalue weighted by Crippen LogP contribution is 2.18. The smallest absolute Gasteiger partial charge is 0.277 e. The number of nitrogen functional groups attached to an aromatic ring is 1. The molecule has 0 saturated heterocycles. The van der Waals surface area contributed by atoms with Crippen LogP contribution in [0, 0.1) is 6.92 Å². The van der Waals surface area contributed by atoms with Gasteiger partial charge in [-0.2, -0.15) is 4.37 Å². The highest BCUT2D eigenvalue weighted by molar-refractivity contribution is 7.09. The summed E-state index contributed by atoms with van der Waals surface area (Å²) < 4.78 is 3.94. The molecule has 0 saturated carbocycles. The minimum absolute atomic E-state index is 0.0690. The van der Waals surface area contributed by atoms with Crippen molar-refractivity contribution in [2.75, 3.05) is 11.1 Å². The monoisotopic (exact) mass is 269 g/mol. The molecule has 0 atom stereocenters. The maximum absolute atomic E-state index is 11.8. The Morgan fingerprint density at radius 3 is 2.88 bits per heavy atom. The third kappa shape index (κ3) is 2.69. The van der Waals surface area contributed by atoms with Crippen LogP contribution in [0.15, 0.2) is 12.1 Å². The number of carbonyl (C=O) groups excluding carboxylic acids is 1. The summed E-state index contributed by atoms with van der Waals surface area (Å²) >= 11 is 6.94. The average molecular weight is 270 g/mol. The number of nitrogens with two attached hydrogens (primary N) is 1. The summed E-state index contributed by atoms with van der Waals surface area (Å²) in [5.41, 5.74) is 5.56. The van der Waals surface area contributed by atoms with E-state index in [0.29, 0.717) is 11.0 Å². The lowest BCUT2D eigenvalue weighted by Crippen LogP contribution is -2.15. The lowest BCUT2D eigenvalue weighted by molar-refractivity contribution is 0.102. The van der Waals surface area contributed by atoms with Gasteiger partial charge in [-0.1, -0.05) is 11.6 Å². The lowest BCUT2D eigenvalue weighted by atomic mass is 10.3. The van der Waals surface area contributed by atoms with Crippen LogP contribution in [0.2, 0.25) is 5.02 Å². The first-order chi connectivity index (χ1) is 8.06. The molecule has 17 heavy (non-hydrogen) atoms. The molecule has 6 nitrogen and oxygen atoms in total. The number of nitrogens with zero attached hydrogens (tertiary/aromatic N) is 3. The van der Waals surface area contributed by atoms with E-state index in [2.05, 4.69) is 19.7 Å². The van der Waals surface area contributed by atoms with Gasteiger partial charge >= 0.3 is 0 Å². The summed E-state index contributed by atoms with van der Waals surface area (Å²) in [6.45, 7) is 1.73. The van der Waals surface area contributed by atoms with Crippen molar-refractivity contribution in [3.05, 3.63) is 28.7 Å². The summed E-state index contributed by atoms with van der Waals surface area (Å²) in [5, 5.41) is 3.18. The molecule has 0 aliphatic heterocycles. The molecule has 0 spiro atoms. The molecule has 0 aromatic carbocycles. The van der Waals surface area contributed by atoms with Crippen LogP contribution in [0.1, 0.15) is 16.3 Å². The fourth-order valence-corrected chi connectivity index (χ4v) is 1.88. The van der Waals surface area contributed by atoms with Gasteiger partial charge in [0.1, 0.15) is 17.3 Å². The van der Waals surface area contributed by atoms with Crippen molar-refractivity contribution in [1.29, 1.82) is 0 Å². The third-order valence-electron chi connectivity index (χ3n) is 1.83. The first-order valence-corrected chi connectivity index (χ1v) is 5.75.